The molecule has 0 saturated heterocycles. The number of carbonyl (C=O) groups is 1. The molecule has 162 valence electrons. The van der Waals surface area contributed by atoms with Gasteiger partial charge in [-0.3, -0.25) is 14.5 Å². The van der Waals surface area contributed by atoms with Crippen LogP contribution in [-0.4, -0.2) is 24.3 Å². The SMILES string of the molecule is O=C(Nc1cc2c(Cl)cncc2s1)C1CC1c1ccc(S(=O)(=O)Nc2ccccn2)cc1. The van der Waals surface area contributed by atoms with Crippen molar-refractivity contribution in [2.24, 2.45) is 5.92 Å². The van der Waals surface area contributed by atoms with Crippen molar-refractivity contribution in [2.45, 2.75) is 17.2 Å². The maximum Gasteiger partial charge on any atom is 0.263 e. The van der Waals surface area contributed by atoms with E-state index in [0.29, 0.717) is 5.02 Å². The molecule has 10 heteroatoms. The number of fused-ring (bicyclic) bond motifs is 1. The van der Waals surface area contributed by atoms with Crippen molar-refractivity contribution in [3.63, 3.8) is 0 Å². The number of pyridine rings is 2. The monoisotopic (exact) mass is 484 g/mol. The minimum atomic E-state index is -3.73. The summed E-state index contributed by atoms with van der Waals surface area (Å²) in [5, 5.41) is 5.11. The van der Waals surface area contributed by atoms with Crippen LogP contribution in [0.1, 0.15) is 17.9 Å². The number of nitrogens with zero attached hydrogens (tertiary/aromatic N) is 2. The van der Waals surface area contributed by atoms with E-state index in [1.54, 1.807) is 54.9 Å². The molecule has 32 heavy (non-hydrogen) atoms. The normalized spacial score (nSPS) is 17.8. The number of hydrogen-bond donors (Lipinski definition) is 2. The summed E-state index contributed by atoms with van der Waals surface area (Å²) in [7, 11) is -3.73. The molecule has 1 aliphatic carbocycles. The highest BCUT2D eigenvalue weighted by atomic mass is 35.5. The average Bonchev–Trinajstić information content (AvgIpc) is 3.48. The zero-order chi connectivity index (χ0) is 22.3. The van der Waals surface area contributed by atoms with Crippen LogP contribution in [-0.2, 0) is 14.8 Å². The Labute approximate surface area is 193 Å². The second kappa shape index (κ2) is 8.16. The van der Waals surface area contributed by atoms with Gasteiger partial charge in [-0.05, 0) is 48.2 Å². The molecule has 0 radical (unpaired) electrons. The first-order valence-electron chi connectivity index (χ1n) is 9.78. The number of sulfonamides is 1. The molecule has 5 rings (SSSR count). The van der Waals surface area contributed by atoms with E-state index in [1.165, 1.54) is 17.5 Å². The fourth-order valence-electron chi connectivity index (χ4n) is 3.57. The van der Waals surface area contributed by atoms with E-state index in [2.05, 4.69) is 20.0 Å². The lowest BCUT2D eigenvalue weighted by Crippen LogP contribution is -2.14. The van der Waals surface area contributed by atoms with Crippen LogP contribution in [0.4, 0.5) is 10.8 Å². The molecule has 3 heterocycles. The number of halogens is 1. The zero-order valence-electron chi connectivity index (χ0n) is 16.5. The summed E-state index contributed by atoms with van der Waals surface area (Å²) in [4.78, 5) is 20.9. The fourth-order valence-corrected chi connectivity index (χ4v) is 5.81. The number of aromatic nitrogens is 2. The standard InChI is InChI=1S/C22H17ClN4O3S2/c23-18-11-24-12-19-17(18)10-21(31-19)26-22(28)16-9-15(16)13-4-6-14(7-5-13)32(29,30)27-20-3-1-2-8-25-20/h1-8,10-12,15-16H,9H2,(H,25,27)(H,26,28). The van der Waals surface area contributed by atoms with Crippen molar-refractivity contribution in [2.75, 3.05) is 10.0 Å². The van der Waals surface area contributed by atoms with Crippen LogP contribution in [0, 0.1) is 5.92 Å². The zero-order valence-corrected chi connectivity index (χ0v) is 18.9. The van der Waals surface area contributed by atoms with Crippen molar-refractivity contribution in [1.29, 1.82) is 0 Å². The van der Waals surface area contributed by atoms with Crippen LogP contribution < -0.4 is 10.0 Å². The number of nitrogens with one attached hydrogen (secondary N) is 2. The van der Waals surface area contributed by atoms with Crippen molar-refractivity contribution in [1.82, 2.24) is 9.97 Å². The third kappa shape index (κ3) is 4.19. The van der Waals surface area contributed by atoms with E-state index >= 15 is 0 Å². The van der Waals surface area contributed by atoms with Gasteiger partial charge in [-0.1, -0.05) is 29.8 Å². The molecule has 1 aliphatic rings. The Balaban J connectivity index is 1.24. The summed E-state index contributed by atoms with van der Waals surface area (Å²) in [6.45, 7) is 0. The Morgan fingerprint density at radius 2 is 1.94 bits per heavy atom. The van der Waals surface area contributed by atoms with E-state index in [4.69, 9.17) is 11.6 Å². The first-order chi connectivity index (χ1) is 15.4. The Hall–Kier alpha value is -3.01. The van der Waals surface area contributed by atoms with E-state index in [-0.39, 0.29) is 28.5 Å². The van der Waals surface area contributed by atoms with Gasteiger partial charge in [-0.25, -0.2) is 13.4 Å². The lowest BCUT2D eigenvalue weighted by Gasteiger charge is -2.08. The number of thiophene rings is 1. The van der Waals surface area contributed by atoms with Gasteiger partial charge in [0.15, 0.2) is 0 Å². The molecule has 1 aromatic carbocycles. The van der Waals surface area contributed by atoms with E-state index < -0.39 is 10.0 Å². The predicted molar refractivity (Wildman–Crippen MR) is 126 cm³/mol. The van der Waals surface area contributed by atoms with Crippen LogP contribution in [0.25, 0.3) is 10.1 Å². The van der Waals surface area contributed by atoms with Crippen molar-refractivity contribution in [3.8, 4) is 0 Å². The molecule has 7 nitrogen and oxygen atoms in total. The molecule has 1 amide bonds. The Kier molecular flexibility index (Phi) is 5.32. The van der Waals surface area contributed by atoms with Crippen molar-refractivity contribution in [3.05, 3.63) is 77.7 Å². The summed E-state index contributed by atoms with van der Waals surface area (Å²) in [6.07, 6.45) is 5.54. The maximum atomic E-state index is 12.7. The number of hydrogen-bond acceptors (Lipinski definition) is 6. The highest BCUT2D eigenvalue weighted by molar-refractivity contribution is 7.92. The van der Waals surface area contributed by atoms with Gasteiger partial charge in [0, 0.05) is 29.9 Å². The topological polar surface area (TPSA) is 101 Å². The molecule has 3 aromatic heterocycles. The second-order valence-electron chi connectivity index (χ2n) is 7.47. The molecule has 0 spiro atoms. The van der Waals surface area contributed by atoms with Crippen LogP contribution in [0.3, 0.4) is 0 Å². The summed E-state index contributed by atoms with van der Waals surface area (Å²) < 4.78 is 28.5. The third-order valence-electron chi connectivity index (χ3n) is 5.29. The van der Waals surface area contributed by atoms with Crippen molar-refractivity contribution >= 4 is 59.8 Å². The van der Waals surface area contributed by atoms with Gasteiger partial charge in [0.25, 0.3) is 10.0 Å². The lowest BCUT2D eigenvalue weighted by molar-refractivity contribution is -0.117. The molecule has 0 bridgehead atoms. The molecule has 1 fully saturated rings. The van der Waals surface area contributed by atoms with Gasteiger partial charge in [-0.2, -0.15) is 0 Å². The van der Waals surface area contributed by atoms with Gasteiger partial charge in [-0.15, -0.1) is 11.3 Å². The quantitative estimate of drug-likeness (QED) is 0.406. The van der Waals surface area contributed by atoms with E-state index in [1.807, 2.05) is 6.07 Å². The molecular formula is C22H17ClN4O3S2. The summed E-state index contributed by atoms with van der Waals surface area (Å²) in [6, 6.07) is 13.5. The van der Waals surface area contributed by atoms with Gasteiger partial charge < -0.3 is 5.32 Å². The van der Waals surface area contributed by atoms with Gasteiger partial charge in [0.2, 0.25) is 5.91 Å². The van der Waals surface area contributed by atoms with Gasteiger partial charge in [0.1, 0.15) is 5.82 Å². The Morgan fingerprint density at radius 3 is 2.66 bits per heavy atom. The maximum absolute atomic E-state index is 12.7. The van der Waals surface area contributed by atoms with Crippen LogP contribution in [0.2, 0.25) is 5.02 Å². The largest absolute Gasteiger partial charge is 0.317 e. The third-order valence-corrected chi connectivity index (χ3v) is 7.95. The minimum absolute atomic E-state index is 0.0563. The van der Waals surface area contributed by atoms with Crippen LogP contribution >= 0.6 is 22.9 Å². The minimum Gasteiger partial charge on any atom is -0.317 e. The molecule has 1 saturated carbocycles. The number of anilines is 2. The molecule has 2 unspecified atom stereocenters. The smallest absolute Gasteiger partial charge is 0.263 e. The lowest BCUT2D eigenvalue weighted by atomic mass is 10.1. The molecule has 0 aliphatic heterocycles. The number of carbonyl (C=O) groups excluding carboxylic acids is 1. The summed E-state index contributed by atoms with van der Waals surface area (Å²) >= 11 is 7.59. The van der Waals surface area contributed by atoms with Crippen LogP contribution in [0.15, 0.2) is 72.0 Å². The fraction of sp³-hybridized carbons (Fsp3) is 0.136. The Bertz CT molecular complexity index is 1410. The predicted octanol–water partition coefficient (Wildman–Crippen LogP) is 4.89. The van der Waals surface area contributed by atoms with Gasteiger partial charge in [0.05, 0.1) is 19.6 Å². The molecular weight excluding hydrogens is 468 g/mol. The molecule has 4 aromatic rings. The first-order valence-corrected chi connectivity index (χ1v) is 12.5. The molecule has 2 N–H and O–H groups in total. The van der Waals surface area contributed by atoms with E-state index in [9.17, 15) is 13.2 Å². The average molecular weight is 485 g/mol. The second-order valence-corrected chi connectivity index (χ2v) is 10.6. The number of rotatable bonds is 6. The highest BCUT2D eigenvalue weighted by Crippen LogP contribution is 2.48. The summed E-state index contributed by atoms with van der Waals surface area (Å²) in [5.74, 6) is 0.117. The number of benzene rings is 1. The first kappa shape index (κ1) is 20.9. The van der Waals surface area contributed by atoms with Crippen molar-refractivity contribution < 1.29 is 13.2 Å². The molecule has 2 atom stereocenters. The summed E-state index contributed by atoms with van der Waals surface area (Å²) in [5.41, 5.74) is 0.936. The van der Waals surface area contributed by atoms with E-state index in [0.717, 1.165) is 27.1 Å². The number of amides is 1. The Morgan fingerprint density at radius 1 is 1.12 bits per heavy atom. The van der Waals surface area contributed by atoms with Gasteiger partial charge >= 0.3 is 0 Å². The van der Waals surface area contributed by atoms with Crippen LogP contribution in [0.5, 0.6) is 0 Å². The highest BCUT2D eigenvalue weighted by Gasteiger charge is 2.44.